The number of rotatable bonds is 6. The molecule has 26 heavy (non-hydrogen) atoms. The number of nitrogens with zero attached hydrogens (tertiary/aromatic N) is 3. The third-order valence-electron chi connectivity index (χ3n) is 6.43. The minimum absolute atomic E-state index is 0. The number of ether oxygens (including phenoxy) is 1. The van der Waals surface area contributed by atoms with Gasteiger partial charge < -0.3 is 19.9 Å². The van der Waals surface area contributed by atoms with Gasteiger partial charge >= 0.3 is 0 Å². The molecule has 2 unspecified atom stereocenters. The molecule has 0 spiro atoms. The van der Waals surface area contributed by atoms with Crippen molar-refractivity contribution in [3.05, 3.63) is 0 Å². The van der Waals surface area contributed by atoms with Crippen LogP contribution in [-0.2, 0) is 4.74 Å². The van der Waals surface area contributed by atoms with Crippen LogP contribution < -0.4 is 5.32 Å². The van der Waals surface area contributed by atoms with Crippen molar-refractivity contribution in [2.75, 3.05) is 59.5 Å². The van der Waals surface area contributed by atoms with Gasteiger partial charge in [-0.2, -0.15) is 0 Å². The lowest BCUT2D eigenvalue weighted by atomic mass is 9.82. The van der Waals surface area contributed by atoms with Crippen LogP contribution in [0.3, 0.4) is 0 Å². The van der Waals surface area contributed by atoms with E-state index in [0.29, 0.717) is 0 Å². The Morgan fingerprint density at radius 1 is 1.08 bits per heavy atom. The third kappa shape index (κ3) is 6.23. The summed E-state index contributed by atoms with van der Waals surface area (Å²) in [6.07, 6.45) is 8.28. The van der Waals surface area contributed by atoms with Gasteiger partial charge in [0.15, 0.2) is 5.96 Å². The molecule has 1 N–H and O–H groups in total. The molecule has 0 bridgehead atoms. The van der Waals surface area contributed by atoms with E-state index in [4.69, 9.17) is 9.73 Å². The van der Waals surface area contributed by atoms with Gasteiger partial charge in [0.05, 0.1) is 6.61 Å². The molecule has 2 aliphatic heterocycles. The summed E-state index contributed by atoms with van der Waals surface area (Å²) in [6, 6.07) is 0. The van der Waals surface area contributed by atoms with Crippen LogP contribution in [0.2, 0.25) is 0 Å². The Bertz CT molecular complexity index is 412. The topological polar surface area (TPSA) is 40.1 Å². The van der Waals surface area contributed by atoms with E-state index in [-0.39, 0.29) is 24.0 Å². The van der Waals surface area contributed by atoms with Gasteiger partial charge in [-0.1, -0.05) is 12.8 Å². The second-order valence-electron chi connectivity index (χ2n) is 8.18. The quantitative estimate of drug-likeness (QED) is 0.362. The SMILES string of the molecule is CCNC(=NCC1CCN(CCOC)CC1)N1CC2CCCCC2C1.I. The number of hydrogen-bond donors (Lipinski definition) is 1. The Morgan fingerprint density at radius 2 is 1.73 bits per heavy atom. The van der Waals surface area contributed by atoms with Crippen LogP contribution in [0.1, 0.15) is 45.4 Å². The minimum atomic E-state index is 0. The molecule has 6 heteroatoms. The van der Waals surface area contributed by atoms with Gasteiger partial charge in [0.2, 0.25) is 0 Å². The van der Waals surface area contributed by atoms with Gasteiger partial charge in [0, 0.05) is 39.8 Å². The van der Waals surface area contributed by atoms with E-state index in [1.807, 2.05) is 0 Å². The van der Waals surface area contributed by atoms with E-state index < -0.39 is 0 Å². The summed E-state index contributed by atoms with van der Waals surface area (Å²) in [4.78, 5) is 10.1. The molecule has 2 heterocycles. The third-order valence-corrected chi connectivity index (χ3v) is 6.43. The lowest BCUT2D eigenvalue weighted by Crippen LogP contribution is -2.41. The number of methoxy groups -OCH3 is 1. The van der Waals surface area contributed by atoms with E-state index in [9.17, 15) is 0 Å². The molecule has 1 saturated carbocycles. The summed E-state index contributed by atoms with van der Waals surface area (Å²) in [5, 5.41) is 3.56. The number of hydrogen-bond acceptors (Lipinski definition) is 3. The molecule has 0 radical (unpaired) electrons. The smallest absolute Gasteiger partial charge is 0.193 e. The predicted molar refractivity (Wildman–Crippen MR) is 119 cm³/mol. The van der Waals surface area contributed by atoms with Gasteiger partial charge in [0.25, 0.3) is 0 Å². The van der Waals surface area contributed by atoms with Crippen molar-refractivity contribution < 1.29 is 4.74 Å². The molecule has 2 saturated heterocycles. The zero-order valence-electron chi connectivity index (χ0n) is 16.8. The lowest BCUT2D eigenvalue weighted by Gasteiger charge is -2.31. The highest BCUT2D eigenvalue weighted by Gasteiger charge is 2.35. The van der Waals surface area contributed by atoms with Gasteiger partial charge in [-0.15, -0.1) is 24.0 Å². The van der Waals surface area contributed by atoms with Gasteiger partial charge in [-0.25, -0.2) is 0 Å². The van der Waals surface area contributed by atoms with E-state index >= 15 is 0 Å². The Morgan fingerprint density at radius 3 is 2.31 bits per heavy atom. The molecule has 152 valence electrons. The first-order chi connectivity index (χ1) is 12.3. The standard InChI is InChI=1S/C20H38N4O.HI/c1-3-21-20(24-15-18-6-4-5-7-19(18)16-24)22-14-17-8-10-23(11-9-17)12-13-25-2;/h17-19H,3-16H2,1-2H3,(H,21,22);1H. The molecular formula is C20H39IN4O. The maximum absolute atomic E-state index is 5.20. The molecule has 3 fully saturated rings. The van der Waals surface area contributed by atoms with E-state index in [1.165, 1.54) is 70.7 Å². The first-order valence-corrected chi connectivity index (χ1v) is 10.5. The summed E-state index contributed by atoms with van der Waals surface area (Å²) >= 11 is 0. The average Bonchev–Trinajstić information content (AvgIpc) is 3.08. The molecule has 0 aromatic carbocycles. The highest BCUT2D eigenvalue weighted by molar-refractivity contribution is 14.0. The fourth-order valence-electron chi connectivity index (χ4n) is 4.83. The summed E-state index contributed by atoms with van der Waals surface area (Å²) in [5.41, 5.74) is 0. The molecule has 0 amide bonds. The van der Waals surface area contributed by atoms with Crippen LogP contribution in [0, 0.1) is 17.8 Å². The molecule has 0 aromatic heterocycles. The summed E-state index contributed by atoms with van der Waals surface area (Å²) < 4.78 is 5.20. The molecule has 1 aliphatic carbocycles. The Kier molecular flexibility index (Phi) is 9.99. The van der Waals surface area contributed by atoms with Crippen molar-refractivity contribution in [1.29, 1.82) is 0 Å². The number of fused-ring (bicyclic) bond motifs is 1. The summed E-state index contributed by atoms with van der Waals surface area (Å²) in [7, 11) is 1.79. The van der Waals surface area contributed by atoms with Crippen molar-refractivity contribution >= 4 is 29.9 Å². The number of likely N-dealkylation sites (tertiary alicyclic amines) is 2. The first kappa shape index (κ1) is 22.2. The van der Waals surface area contributed by atoms with Crippen molar-refractivity contribution in [2.45, 2.75) is 45.4 Å². The Balaban J connectivity index is 0.00000243. The molecule has 5 nitrogen and oxygen atoms in total. The Hall–Kier alpha value is -0.0800. The van der Waals surface area contributed by atoms with E-state index in [1.54, 1.807) is 7.11 Å². The van der Waals surface area contributed by atoms with Crippen molar-refractivity contribution in [1.82, 2.24) is 15.1 Å². The fourth-order valence-corrected chi connectivity index (χ4v) is 4.83. The van der Waals surface area contributed by atoms with Crippen LogP contribution in [0.25, 0.3) is 0 Å². The maximum Gasteiger partial charge on any atom is 0.193 e. The maximum atomic E-state index is 5.20. The Labute approximate surface area is 177 Å². The molecule has 2 atom stereocenters. The average molecular weight is 478 g/mol. The molecular weight excluding hydrogens is 439 g/mol. The largest absolute Gasteiger partial charge is 0.383 e. The van der Waals surface area contributed by atoms with Crippen LogP contribution >= 0.6 is 24.0 Å². The van der Waals surface area contributed by atoms with Gasteiger partial charge in [-0.05, 0) is 63.5 Å². The highest BCUT2D eigenvalue weighted by Crippen LogP contribution is 2.36. The normalized spacial score (nSPS) is 27.9. The van der Waals surface area contributed by atoms with Crippen LogP contribution in [-0.4, -0.2) is 75.3 Å². The highest BCUT2D eigenvalue weighted by atomic mass is 127. The lowest BCUT2D eigenvalue weighted by molar-refractivity contribution is 0.121. The van der Waals surface area contributed by atoms with Crippen molar-refractivity contribution in [3.63, 3.8) is 0 Å². The minimum Gasteiger partial charge on any atom is -0.383 e. The van der Waals surface area contributed by atoms with Gasteiger partial charge in [-0.3, -0.25) is 4.99 Å². The number of guanidine groups is 1. The van der Waals surface area contributed by atoms with E-state index in [2.05, 4.69) is 22.0 Å². The van der Waals surface area contributed by atoms with Crippen molar-refractivity contribution in [2.24, 2.45) is 22.7 Å². The van der Waals surface area contributed by atoms with E-state index in [0.717, 1.165) is 44.0 Å². The zero-order valence-corrected chi connectivity index (χ0v) is 19.1. The number of aliphatic imine (C=N–C) groups is 1. The number of nitrogens with one attached hydrogen (secondary N) is 1. The second kappa shape index (κ2) is 11.7. The summed E-state index contributed by atoms with van der Waals surface area (Å²) in [6.45, 7) is 10.9. The second-order valence-corrected chi connectivity index (χ2v) is 8.18. The summed E-state index contributed by atoms with van der Waals surface area (Å²) in [5.74, 6) is 3.76. The van der Waals surface area contributed by atoms with Crippen LogP contribution in [0.4, 0.5) is 0 Å². The van der Waals surface area contributed by atoms with Crippen LogP contribution in [0.5, 0.6) is 0 Å². The molecule has 0 aromatic rings. The van der Waals surface area contributed by atoms with Crippen molar-refractivity contribution in [3.8, 4) is 0 Å². The monoisotopic (exact) mass is 478 g/mol. The fraction of sp³-hybridized carbons (Fsp3) is 0.950. The van der Waals surface area contributed by atoms with Crippen LogP contribution in [0.15, 0.2) is 4.99 Å². The molecule has 3 rings (SSSR count). The number of piperidine rings is 1. The first-order valence-electron chi connectivity index (χ1n) is 10.5. The number of halogens is 1. The molecule has 3 aliphatic rings. The predicted octanol–water partition coefficient (Wildman–Crippen LogP) is 3.05. The van der Waals surface area contributed by atoms with Gasteiger partial charge in [0.1, 0.15) is 0 Å². The zero-order chi connectivity index (χ0) is 17.5.